The van der Waals surface area contributed by atoms with Crippen LogP contribution in [0.3, 0.4) is 0 Å². The molecule has 0 amide bonds. The lowest BCUT2D eigenvalue weighted by Crippen LogP contribution is -2.41. The largest absolute Gasteiger partial charge is 0.443 e. The van der Waals surface area contributed by atoms with Crippen molar-refractivity contribution in [2.75, 3.05) is 33.2 Å². The summed E-state index contributed by atoms with van der Waals surface area (Å²) in [4.78, 5) is 11.1. The molecule has 0 aliphatic carbocycles. The van der Waals surface area contributed by atoms with E-state index in [1.807, 2.05) is 6.20 Å². The number of oxazole rings is 1. The van der Waals surface area contributed by atoms with Gasteiger partial charge >= 0.3 is 0 Å². The summed E-state index contributed by atoms with van der Waals surface area (Å²) in [5.74, 6) is 2.39. The van der Waals surface area contributed by atoms with E-state index in [1.165, 1.54) is 38.8 Å². The maximum absolute atomic E-state index is 5.79. The van der Waals surface area contributed by atoms with Crippen molar-refractivity contribution >= 4 is 5.96 Å². The summed E-state index contributed by atoms with van der Waals surface area (Å²) in [5.41, 5.74) is -0.0155. The molecule has 1 fully saturated rings. The minimum Gasteiger partial charge on any atom is -0.443 e. The van der Waals surface area contributed by atoms with Crippen LogP contribution in [0, 0.1) is 0 Å². The average molecular weight is 335 g/mol. The van der Waals surface area contributed by atoms with Crippen molar-refractivity contribution < 1.29 is 4.42 Å². The number of likely N-dealkylation sites (tertiary alicyclic amines) is 1. The van der Waals surface area contributed by atoms with Crippen LogP contribution in [0.15, 0.2) is 15.6 Å². The number of nitrogens with zero attached hydrogens (tertiary/aromatic N) is 3. The molecule has 0 bridgehead atoms. The van der Waals surface area contributed by atoms with Gasteiger partial charge < -0.3 is 20.0 Å². The molecule has 6 heteroatoms. The Kier molecular flexibility index (Phi) is 7.09. The second-order valence-electron chi connectivity index (χ2n) is 7.48. The predicted molar refractivity (Wildman–Crippen MR) is 98.3 cm³/mol. The van der Waals surface area contributed by atoms with Crippen LogP contribution in [0.4, 0.5) is 0 Å². The van der Waals surface area contributed by atoms with Gasteiger partial charge in [-0.15, -0.1) is 0 Å². The summed E-state index contributed by atoms with van der Waals surface area (Å²) in [7, 11) is 1.79. The van der Waals surface area contributed by atoms with E-state index in [1.54, 1.807) is 7.05 Å². The first kappa shape index (κ1) is 18.8. The minimum atomic E-state index is -0.0155. The Bertz CT molecular complexity index is 510. The molecule has 1 saturated heterocycles. The number of hydrogen-bond acceptors (Lipinski definition) is 4. The van der Waals surface area contributed by atoms with Crippen LogP contribution in [0.25, 0.3) is 0 Å². The number of aliphatic imine (C=N–C) groups is 1. The molecule has 1 aromatic rings. The SMILES string of the molecule is CN=C(NCCN1CCCCCC1)NCc1ncc(C(C)(C)C)o1. The van der Waals surface area contributed by atoms with E-state index in [0.29, 0.717) is 12.4 Å². The van der Waals surface area contributed by atoms with Gasteiger partial charge in [0.05, 0.1) is 12.7 Å². The molecular formula is C18H33N5O. The Morgan fingerprint density at radius 3 is 2.50 bits per heavy atom. The van der Waals surface area contributed by atoms with Crippen molar-refractivity contribution in [2.45, 2.75) is 58.4 Å². The van der Waals surface area contributed by atoms with Gasteiger partial charge in [0.2, 0.25) is 5.89 Å². The van der Waals surface area contributed by atoms with Crippen molar-refractivity contribution in [3.05, 3.63) is 17.8 Å². The van der Waals surface area contributed by atoms with Gasteiger partial charge in [-0.2, -0.15) is 0 Å². The lowest BCUT2D eigenvalue weighted by molar-refractivity contribution is 0.289. The number of aromatic nitrogens is 1. The molecule has 1 aliphatic heterocycles. The van der Waals surface area contributed by atoms with Gasteiger partial charge in [0.1, 0.15) is 5.76 Å². The Hall–Kier alpha value is -1.56. The molecule has 0 unspecified atom stereocenters. The van der Waals surface area contributed by atoms with Crippen molar-refractivity contribution in [2.24, 2.45) is 4.99 Å². The number of guanidine groups is 1. The number of nitrogens with one attached hydrogen (secondary N) is 2. The van der Waals surface area contributed by atoms with Crippen molar-refractivity contribution in [3.63, 3.8) is 0 Å². The second-order valence-corrected chi connectivity index (χ2v) is 7.48. The van der Waals surface area contributed by atoms with Gasteiger partial charge in [0.25, 0.3) is 0 Å². The molecule has 136 valence electrons. The van der Waals surface area contributed by atoms with E-state index in [2.05, 4.69) is 46.3 Å². The molecule has 24 heavy (non-hydrogen) atoms. The molecule has 6 nitrogen and oxygen atoms in total. The Morgan fingerprint density at radius 1 is 1.21 bits per heavy atom. The van der Waals surface area contributed by atoms with Crippen LogP contribution in [0.1, 0.15) is 58.1 Å². The van der Waals surface area contributed by atoms with Crippen LogP contribution in [0.5, 0.6) is 0 Å². The second kappa shape index (κ2) is 9.06. The third-order valence-electron chi connectivity index (χ3n) is 4.34. The number of hydrogen-bond donors (Lipinski definition) is 2. The molecule has 0 aromatic carbocycles. The molecular weight excluding hydrogens is 302 g/mol. The van der Waals surface area contributed by atoms with Crippen LogP contribution in [0.2, 0.25) is 0 Å². The summed E-state index contributed by atoms with van der Waals surface area (Å²) in [6, 6.07) is 0. The third-order valence-corrected chi connectivity index (χ3v) is 4.34. The molecule has 0 saturated carbocycles. The predicted octanol–water partition coefficient (Wildman–Crippen LogP) is 2.51. The average Bonchev–Trinajstić information content (AvgIpc) is 2.88. The Morgan fingerprint density at radius 2 is 1.92 bits per heavy atom. The van der Waals surface area contributed by atoms with Crippen molar-refractivity contribution in [3.8, 4) is 0 Å². The first-order valence-electron chi connectivity index (χ1n) is 9.11. The van der Waals surface area contributed by atoms with Crippen molar-refractivity contribution in [1.29, 1.82) is 0 Å². The quantitative estimate of drug-likeness (QED) is 0.639. The van der Waals surface area contributed by atoms with Crippen LogP contribution >= 0.6 is 0 Å². The maximum atomic E-state index is 5.79. The van der Waals surface area contributed by atoms with E-state index in [4.69, 9.17) is 4.42 Å². The summed E-state index contributed by atoms with van der Waals surface area (Å²) >= 11 is 0. The molecule has 0 spiro atoms. The molecule has 0 atom stereocenters. The van der Waals surface area contributed by atoms with E-state index in [0.717, 1.165) is 24.8 Å². The van der Waals surface area contributed by atoms with Gasteiger partial charge in [0, 0.05) is 25.6 Å². The van der Waals surface area contributed by atoms with E-state index in [9.17, 15) is 0 Å². The summed E-state index contributed by atoms with van der Waals surface area (Å²) in [5, 5.41) is 6.64. The zero-order valence-electron chi connectivity index (χ0n) is 15.7. The smallest absolute Gasteiger partial charge is 0.213 e. The molecule has 1 aromatic heterocycles. The molecule has 1 aliphatic rings. The molecule has 2 heterocycles. The first-order valence-corrected chi connectivity index (χ1v) is 9.11. The van der Waals surface area contributed by atoms with Gasteiger partial charge in [-0.05, 0) is 25.9 Å². The highest BCUT2D eigenvalue weighted by Crippen LogP contribution is 2.22. The van der Waals surface area contributed by atoms with Crippen molar-refractivity contribution in [1.82, 2.24) is 20.5 Å². The standard InChI is InChI=1S/C18H33N5O/c1-18(2,3)15-13-21-16(24-15)14-22-17(19-4)20-9-12-23-10-7-5-6-8-11-23/h13H,5-12,14H2,1-4H3,(H2,19,20,22). The summed E-state index contributed by atoms with van der Waals surface area (Å²) in [6.45, 7) is 11.3. The van der Waals surface area contributed by atoms with Gasteiger partial charge in [0.15, 0.2) is 5.96 Å². The van der Waals surface area contributed by atoms with Crippen LogP contribution in [-0.4, -0.2) is 49.1 Å². The fourth-order valence-electron chi connectivity index (χ4n) is 2.81. The highest BCUT2D eigenvalue weighted by molar-refractivity contribution is 5.79. The Labute approximate surface area is 146 Å². The number of rotatable bonds is 5. The lowest BCUT2D eigenvalue weighted by atomic mass is 9.94. The zero-order valence-corrected chi connectivity index (χ0v) is 15.7. The van der Waals surface area contributed by atoms with Crippen LogP contribution in [-0.2, 0) is 12.0 Å². The maximum Gasteiger partial charge on any atom is 0.213 e. The van der Waals surface area contributed by atoms with Crippen LogP contribution < -0.4 is 10.6 Å². The molecule has 2 rings (SSSR count). The van der Waals surface area contributed by atoms with E-state index >= 15 is 0 Å². The lowest BCUT2D eigenvalue weighted by Gasteiger charge is -2.20. The highest BCUT2D eigenvalue weighted by Gasteiger charge is 2.19. The van der Waals surface area contributed by atoms with E-state index < -0.39 is 0 Å². The molecule has 0 radical (unpaired) electrons. The fraction of sp³-hybridized carbons (Fsp3) is 0.778. The fourth-order valence-corrected chi connectivity index (χ4v) is 2.81. The Balaban J connectivity index is 1.71. The monoisotopic (exact) mass is 335 g/mol. The van der Waals surface area contributed by atoms with Gasteiger partial charge in [-0.3, -0.25) is 4.99 Å². The summed E-state index contributed by atoms with van der Waals surface area (Å²) < 4.78 is 5.79. The third kappa shape index (κ3) is 6.15. The summed E-state index contributed by atoms with van der Waals surface area (Å²) in [6.07, 6.45) is 7.22. The van der Waals surface area contributed by atoms with E-state index in [-0.39, 0.29) is 5.41 Å². The normalized spacial score (nSPS) is 17.6. The van der Waals surface area contributed by atoms with Gasteiger partial charge in [-0.1, -0.05) is 33.6 Å². The molecule has 2 N–H and O–H groups in total. The topological polar surface area (TPSA) is 65.7 Å². The minimum absolute atomic E-state index is 0.0155. The highest BCUT2D eigenvalue weighted by atomic mass is 16.4. The van der Waals surface area contributed by atoms with Gasteiger partial charge in [-0.25, -0.2) is 4.98 Å². The first-order chi connectivity index (χ1) is 11.5. The zero-order chi connectivity index (χ0) is 17.4.